The molecule has 0 spiro atoms. The van der Waals surface area contributed by atoms with Crippen LogP contribution in [-0.2, 0) is 0 Å². The minimum Gasteiger partial charge on any atom is -0.423 e. The molecule has 0 aliphatic carbocycles. The van der Waals surface area contributed by atoms with E-state index in [9.17, 15) is 4.79 Å². The summed E-state index contributed by atoms with van der Waals surface area (Å²) in [6.07, 6.45) is 0. The van der Waals surface area contributed by atoms with Gasteiger partial charge in [0.25, 0.3) is 0 Å². The molecule has 4 heteroatoms. The predicted octanol–water partition coefficient (Wildman–Crippen LogP) is 2.28. The van der Waals surface area contributed by atoms with Crippen molar-refractivity contribution in [2.24, 2.45) is 0 Å². The zero-order valence-corrected chi connectivity index (χ0v) is 6.60. The van der Waals surface area contributed by atoms with Crippen LogP contribution < -0.4 is 5.63 Å². The molecule has 2 rings (SSSR count). The molecule has 0 saturated heterocycles. The van der Waals surface area contributed by atoms with Crippen LogP contribution in [0.3, 0.4) is 0 Å². The van der Waals surface area contributed by atoms with Crippen LogP contribution in [0.15, 0.2) is 39.5 Å². The van der Waals surface area contributed by atoms with Crippen molar-refractivity contribution < 1.29 is 4.42 Å². The third-order valence-electron chi connectivity index (χ3n) is 1.72. The average Bonchev–Trinajstić information content (AvgIpc) is 2.17. The fourth-order valence-electron chi connectivity index (χ4n) is 1.12. The second kappa shape index (κ2) is 2.72. The largest absolute Gasteiger partial charge is 0.423 e. The van der Waals surface area contributed by atoms with Gasteiger partial charge in [-0.15, -0.1) is 0 Å². The van der Waals surface area contributed by atoms with E-state index in [0.717, 1.165) is 5.39 Å². The zero-order valence-electron chi connectivity index (χ0n) is 6.60. The van der Waals surface area contributed by atoms with Gasteiger partial charge in [-0.1, -0.05) is 0 Å². The van der Waals surface area contributed by atoms with Crippen molar-refractivity contribution in [1.82, 2.24) is 0 Å². The molecule has 0 amide bonds. The topological polar surface area (TPSA) is 58.4 Å². The Hall–Kier alpha value is -2.15. The van der Waals surface area contributed by atoms with Gasteiger partial charge in [-0.2, -0.15) is 0 Å². The van der Waals surface area contributed by atoms with E-state index in [-0.39, 0.29) is 5.63 Å². The van der Waals surface area contributed by atoms with E-state index in [1.807, 2.05) is 0 Å². The summed E-state index contributed by atoms with van der Waals surface area (Å²) >= 11 is 0. The molecule has 1 aromatic carbocycles. The van der Waals surface area contributed by atoms with Crippen LogP contribution in [0.1, 0.15) is 0 Å². The molecular formula is C9H5N2O2+. The molecule has 0 radical (unpaired) electrons. The number of benzene rings is 1. The van der Waals surface area contributed by atoms with Crippen LogP contribution in [0.2, 0.25) is 0 Å². The van der Waals surface area contributed by atoms with Crippen molar-refractivity contribution in [3.63, 3.8) is 0 Å². The van der Waals surface area contributed by atoms with E-state index < -0.39 is 0 Å². The fourth-order valence-corrected chi connectivity index (χ4v) is 1.12. The Kier molecular flexibility index (Phi) is 1.57. The molecule has 0 aliphatic rings. The molecule has 62 valence electrons. The molecule has 0 aliphatic heterocycles. The molecule has 1 aromatic heterocycles. The summed E-state index contributed by atoms with van der Waals surface area (Å²) in [6.45, 7) is 0. The molecule has 2 aromatic rings. The van der Waals surface area contributed by atoms with Gasteiger partial charge in [0.15, 0.2) is 4.98 Å². The summed E-state index contributed by atoms with van der Waals surface area (Å²) in [5.74, 6) is 0. The first-order valence-corrected chi connectivity index (χ1v) is 3.68. The zero-order chi connectivity index (χ0) is 9.26. The molecule has 4 nitrogen and oxygen atoms in total. The third kappa shape index (κ3) is 1.27. The second-order valence-electron chi connectivity index (χ2n) is 2.58. The third-order valence-corrected chi connectivity index (χ3v) is 1.72. The Morgan fingerprint density at radius 3 is 2.85 bits per heavy atom. The van der Waals surface area contributed by atoms with Gasteiger partial charge in [0, 0.05) is 23.6 Å². The van der Waals surface area contributed by atoms with E-state index in [2.05, 4.69) is 4.98 Å². The molecule has 0 fully saturated rings. The Labute approximate surface area is 73.0 Å². The van der Waals surface area contributed by atoms with Gasteiger partial charge in [0.2, 0.25) is 5.39 Å². The smallest absolute Gasteiger partial charge is 0.385 e. The summed E-state index contributed by atoms with van der Waals surface area (Å²) in [5, 5.41) is 9.22. The van der Waals surface area contributed by atoms with Crippen LogP contribution in [0.4, 0.5) is 5.69 Å². The van der Waals surface area contributed by atoms with Crippen LogP contribution >= 0.6 is 0 Å². The van der Waals surface area contributed by atoms with E-state index >= 15 is 0 Å². The highest BCUT2D eigenvalue weighted by atomic mass is 16.4. The minimum atomic E-state index is -0.388. The highest BCUT2D eigenvalue weighted by Gasteiger charge is 2.05. The lowest BCUT2D eigenvalue weighted by molar-refractivity contribution is 0.561. The molecule has 13 heavy (non-hydrogen) atoms. The molecule has 0 atom stereocenters. The normalized spacial score (nSPS) is 9.77. The van der Waals surface area contributed by atoms with Crippen LogP contribution in [0, 0.1) is 5.39 Å². The number of diazo groups is 1. The van der Waals surface area contributed by atoms with E-state index in [1.54, 1.807) is 24.3 Å². The summed E-state index contributed by atoms with van der Waals surface area (Å²) in [6, 6.07) is 7.72. The van der Waals surface area contributed by atoms with E-state index in [0.29, 0.717) is 11.3 Å². The van der Waals surface area contributed by atoms with Gasteiger partial charge in [-0.05, 0) is 12.1 Å². The predicted molar refractivity (Wildman–Crippen MR) is 47.2 cm³/mol. The molecule has 0 unspecified atom stereocenters. The van der Waals surface area contributed by atoms with E-state index in [4.69, 9.17) is 9.81 Å². The average molecular weight is 173 g/mol. The van der Waals surface area contributed by atoms with Gasteiger partial charge >= 0.3 is 11.3 Å². The number of fused-ring (bicyclic) bond motifs is 1. The fraction of sp³-hybridized carbons (Fsp3) is 0. The number of nitrogens with zero attached hydrogens (tertiary/aromatic N) is 2. The lowest BCUT2D eigenvalue weighted by atomic mass is 10.2. The van der Waals surface area contributed by atoms with Crippen molar-refractivity contribution in [2.75, 3.05) is 0 Å². The SMILES string of the molecule is N#[N+]c1ccc2oc(=O)ccc2c1. The van der Waals surface area contributed by atoms with Crippen molar-refractivity contribution in [3.05, 3.63) is 45.7 Å². The Morgan fingerprint density at radius 1 is 1.23 bits per heavy atom. The van der Waals surface area contributed by atoms with Crippen LogP contribution in [0.25, 0.3) is 15.9 Å². The summed E-state index contributed by atoms with van der Waals surface area (Å²) in [4.78, 5) is 13.8. The highest BCUT2D eigenvalue weighted by Crippen LogP contribution is 2.19. The van der Waals surface area contributed by atoms with E-state index in [1.165, 1.54) is 6.07 Å². The first-order valence-electron chi connectivity index (χ1n) is 3.68. The molecule has 0 N–H and O–H groups in total. The maximum atomic E-state index is 10.8. The maximum absolute atomic E-state index is 10.8. The molecular weight excluding hydrogens is 168 g/mol. The molecule has 0 saturated carbocycles. The number of rotatable bonds is 0. The van der Waals surface area contributed by atoms with Gasteiger partial charge in [0.1, 0.15) is 5.58 Å². The standard InChI is InChI=1S/C9H5N2O2/c10-11-7-2-3-8-6(5-7)1-4-9(12)13-8/h1-5H/q+1. The Morgan fingerprint density at radius 2 is 2.08 bits per heavy atom. The highest BCUT2D eigenvalue weighted by molar-refractivity contribution is 5.80. The molecule has 1 heterocycles. The Bertz CT molecular complexity index is 551. The van der Waals surface area contributed by atoms with Gasteiger partial charge < -0.3 is 4.42 Å². The van der Waals surface area contributed by atoms with Gasteiger partial charge in [-0.25, -0.2) is 4.79 Å². The first kappa shape index (κ1) is 7.50. The summed E-state index contributed by atoms with van der Waals surface area (Å²) in [5.41, 5.74) is 0.530. The summed E-state index contributed by atoms with van der Waals surface area (Å²) < 4.78 is 4.88. The van der Waals surface area contributed by atoms with Crippen LogP contribution in [0.5, 0.6) is 0 Å². The van der Waals surface area contributed by atoms with Crippen LogP contribution in [-0.4, -0.2) is 0 Å². The second-order valence-corrected chi connectivity index (χ2v) is 2.58. The van der Waals surface area contributed by atoms with Crippen molar-refractivity contribution >= 4 is 16.7 Å². The quantitative estimate of drug-likeness (QED) is 0.453. The lowest BCUT2D eigenvalue weighted by Crippen LogP contribution is -1.93. The number of hydrogen-bond acceptors (Lipinski definition) is 3. The van der Waals surface area contributed by atoms with Crippen molar-refractivity contribution in [2.45, 2.75) is 0 Å². The van der Waals surface area contributed by atoms with Gasteiger partial charge in [-0.3, -0.25) is 0 Å². The van der Waals surface area contributed by atoms with Crippen molar-refractivity contribution in [1.29, 1.82) is 5.39 Å². The number of hydrogen-bond donors (Lipinski definition) is 0. The molecule has 0 bridgehead atoms. The lowest BCUT2D eigenvalue weighted by Gasteiger charge is -1.90. The first-order chi connectivity index (χ1) is 6.29. The summed E-state index contributed by atoms with van der Waals surface area (Å²) in [7, 11) is 0. The monoisotopic (exact) mass is 173 g/mol. The maximum Gasteiger partial charge on any atom is 0.385 e. The minimum absolute atomic E-state index is 0.388. The Balaban J connectivity index is 2.82. The van der Waals surface area contributed by atoms with Gasteiger partial charge in [0.05, 0.1) is 0 Å². The van der Waals surface area contributed by atoms with Crippen molar-refractivity contribution in [3.8, 4) is 0 Å².